The first-order valence-electron chi connectivity index (χ1n) is 5.91. The van der Waals surface area contributed by atoms with E-state index in [9.17, 15) is 14.7 Å². The molecular formula is C13H15NO4S. The Morgan fingerprint density at radius 1 is 1.58 bits per heavy atom. The number of aliphatic carboxylic acids is 1. The molecule has 2 heterocycles. The zero-order valence-corrected chi connectivity index (χ0v) is 11.1. The van der Waals surface area contributed by atoms with Crippen molar-refractivity contribution >= 4 is 23.4 Å². The number of hydrogen-bond donors (Lipinski definition) is 1. The van der Waals surface area contributed by atoms with Crippen molar-refractivity contribution in [2.24, 2.45) is 5.92 Å². The van der Waals surface area contributed by atoms with Crippen LogP contribution in [0.3, 0.4) is 0 Å². The third kappa shape index (κ3) is 2.96. The summed E-state index contributed by atoms with van der Waals surface area (Å²) >= 11 is 1.52. The number of nitrogens with zero attached hydrogens (tertiary/aromatic N) is 1. The van der Waals surface area contributed by atoms with Crippen LogP contribution in [0.15, 0.2) is 29.5 Å². The van der Waals surface area contributed by atoms with E-state index >= 15 is 0 Å². The van der Waals surface area contributed by atoms with E-state index < -0.39 is 18.0 Å². The number of rotatable bonds is 4. The molecule has 5 nitrogen and oxygen atoms in total. The minimum Gasteiger partial charge on any atom is -0.481 e. The van der Waals surface area contributed by atoms with E-state index in [4.69, 9.17) is 4.74 Å². The average Bonchev–Trinajstić information content (AvgIpc) is 3.03. The zero-order chi connectivity index (χ0) is 13.8. The molecule has 0 spiro atoms. The Morgan fingerprint density at radius 2 is 2.37 bits per heavy atom. The first kappa shape index (κ1) is 13.6. The SMILES string of the molecule is C=CCOC(=O)N1C[C@H](C(=O)O)[C@@H](c2ccsc2)C1. The average molecular weight is 281 g/mol. The summed E-state index contributed by atoms with van der Waals surface area (Å²) < 4.78 is 4.95. The van der Waals surface area contributed by atoms with Crippen molar-refractivity contribution < 1.29 is 19.4 Å². The van der Waals surface area contributed by atoms with Gasteiger partial charge in [-0.25, -0.2) is 4.79 Å². The van der Waals surface area contributed by atoms with Crippen molar-refractivity contribution in [2.45, 2.75) is 5.92 Å². The fourth-order valence-electron chi connectivity index (χ4n) is 2.25. The van der Waals surface area contributed by atoms with Gasteiger partial charge >= 0.3 is 12.1 Å². The number of ether oxygens (including phenoxy) is 1. The Morgan fingerprint density at radius 3 is 2.95 bits per heavy atom. The lowest BCUT2D eigenvalue weighted by Crippen LogP contribution is -2.30. The molecule has 1 saturated heterocycles. The molecule has 1 amide bonds. The van der Waals surface area contributed by atoms with Gasteiger partial charge < -0.3 is 14.7 Å². The highest BCUT2D eigenvalue weighted by Crippen LogP contribution is 2.34. The zero-order valence-electron chi connectivity index (χ0n) is 10.3. The summed E-state index contributed by atoms with van der Waals surface area (Å²) in [5, 5.41) is 13.1. The van der Waals surface area contributed by atoms with Crippen molar-refractivity contribution in [2.75, 3.05) is 19.7 Å². The molecule has 0 bridgehead atoms. The van der Waals surface area contributed by atoms with E-state index in [1.165, 1.54) is 22.3 Å². The van der Waals surface area contributed by atoms with Gasteiger partial charge in [0.05, 0.1) is 5.92 Å². The number of thiophene rings is 1. The predicted molar refractivity (Wildman–Crippen MR) is 71.3 cm³/mol. The quantitative estimate of drug-likeness (QED) is 0.859. The first-order chi connectivity index (χ1) is 9.13. The fourth-order valence-corrected chi connectivity index (χ4v) is 2.97. The molecule has 6 heteroatoms. The van der Waals surface area contributed by atoms with Crippen LogP contribution in [0.4, 0.5) is 4.79 Å². The molecule has 1 aliphatic heterocycles. The second-order valence-corrected chi connectivity index (χ2v) is 5.16. The number of likely N-dealkylation sites (tertiary alicyclic amines) is 1. The molecule has 1 aliphatic rings. The summed E-state index contributed by atoms with van der Waals surface area (Å²) in [6, 6.07) is 1.91. The molecule has 1 aromatic heterocycles. The molecular weight excluding hydrogens is 266 g/mol. The highest BCUT2D eigenvalue weighted by Gasteiger charge is 2.41. The number of hydrogen-bond acceptors (Lipinski definition) is 4. The second kappa shape index (κ2) is 5.88. The number of carboxylic acids is 1. The molecule has 2 rings (SSSR count). The maximum absolute atomic E-state index is 11.8. The summed E-state index contributed by atoms with van der Waals surface area (Å²) in [6.45, 7) is 4.17. The topological polar surface area (TPSA) is 66.8 Å². The summed E-state index contributed by atoms with van der Waals surface area (Å²) in [5.74, 6) is -1.62. The third-order valence-corrected chi connectivity index (χ3v) is 3.89. The minimum absolute atomic E-state index is 0.135. The lowest BCUT2D eigenvalue weighted by molar-refractivity contribution is -0.141. The van der Waals surface area contributed by atoms with E-state index in [0.717, 1.165) is 5.56 Å². The van der Waals surface area contributed by atoms with E-state index in [2.05, 4.69) is 6.58 Å². The maximum Gasteiger partial charge on any atom is 0.410 e. The van der Waals surface area contributed by atoms with Crippen LogP contribution in [0.5, 0.6) is 0 Å². The number of carbonyl (C=O) groups excluding carboxylic acids is 1. The van der Waals surface area contributed by atoms with Crippen molar-refractivity contribution in [3.8, 4) is 0 Å². The Balaban J connectivity index is 2.10. The molecule has 2 atom stereocenters. The molecule has 1 fully saturated rings. The van der Waals surface area contributed by atoms with Crippen molar-refractivity contribution in [1.82, 2.24) is 4.90 Å². The largest absolute Gasteiger partial charge is 0.481 e. The van der Waals surface area contributed by atoms with Gasteiger partial charge in [-0.3, -0.25) is 4.79 Å². The standard InChI is InChI=1S/C13H15NO4S/c1-2-4-18-13(17)14-6-10(9-3-5-19-8-9)11(7-14)12(15)16/h2-3,5,8,10-11H,1,4,6-7H2,(H,15,16)/t10-,11+/m1/s1. The molecule has 19 heavy (non-hydrogen) atoms. The lowest BCUT2D eigenvalue weighted by atomic mass is 9.91. The van der Waals surface area contributed by atoms with Gasteiger partial charge in [-0.15, -0.1) is 0 Å². The van der Waals surface area contributed by atoms with Crippen LogP contribution < -0.4 is 0 Å². The van der Waals surface area contributed by atoms with Gasteiger partial charge in [0.1, 0.15) is 6.61 Å². The second-order valence-electron chi connectivity index (χ2n) is 4.38. The van der Waals surface area contributed by atoms with Crippen molar-refractivity contribution in [3.63, 3.8) is 0 Å². The third-order valence-electron chi connectivity index (χ3n) is 3.19. The van der Waals surface area contributed by atoms with Crippen LogP contribution in [0.2, 0.25) is 0 Å². The highest BCUT2D eigenvalue weighted by atomic mass is 32.1. The van der Waals surface area contributed by atoms with Gasteiger partial charge in [0, 0.05) is 19.0 Å². The summed E-state index contributed by atoms with van der Waals surface area (Å²) in [5.41, 5.74) is 0.969. The van der Waals surface area contributed by atoms with Crippen LogP contribution in [-0.2, 0) is 9.53 Å². The van der Waals surface area contributed by atoms with E-state index in [1.54, 1.807) is 0 Å². The smallest absolute Gasteiger partial charge is 0.410 e. The fraction of sp³-hybridized carbons (Fsp3) is 0.385. The Labute approximate surface area is 115 Å². The van der Waals surface area contributed by atoms with Gasteiger partial charge in [0.15, 0.2) is 0 Å². The Bertz CT molecular complexity index is 471. The van der Waals surface area contributed by atoms with Crippen LogP contribution in [0, 0.1) is 5.92 Å². The maximum atomic E-state index is 11.8. The molecule has 1 aromatic rings. The highest BCUT2D eigenvalue weighted by molar-refractivity contribution is 7.08. The number of carbonyl (C=O) groups is 2. The molecule has 0 aliphatic carbocycles. The summed E-state index contributed by atoms with van der Waals surface area (Å²) in [4.78, 5) is 24.5. The molecule has 0 radical (unpaired) electrons. The molecule has 0 saturated carbocycles. The van der Waals surface area contributed by atoms with E-state index in [0.29, 0.717) is 6.54 Å². The Kier molecular flexibility index (Phi) is 4.21. The molecule has 0 unspecified atom stereocenters. The van der Waals surface area contributed by atoms with Crippen molar-refractivity contribution in [1.29, 1.82) is 0 Å². The Hall–Kier alpha value is -1.82. The minimum atomic E-state index is -0.879. The monoisotopic (exact) mass is 281 g/mol. The van der Waals surface area contributed by atoms with E-state index in [-0.39, 0.29) is 19.1 Å². The van der Waals surface area contributed by atoms with Gasteiger partial charge in [-0.2, -0.15) is 11.3 Å². The molecule has 102 valence electrons. The molecule has 1 N–H and O–H groups in total. The van der Waals surface area contributed by atoms with Crippen molar-refractivity contribution in [3.05, 3.63) is 35.0 Å². The predicted octanol–water partition coefficient (Wildman–Crippen LogP) is 2.17. The van der Waals surface area contributed by atoms with Gasteiger partial charge in [0.25, 0.3) is 0 Å². The normalized spacial score (nSPS) is 22.2. The first-order valence-corrected chi connectivity index (χ1v) is 6.85. The molecule has 0 aromatic carbocycles. The lowest BCUT2D eigenvalue weighted by Gasteiger charge is -2.15. The number of amides is 1. The summed E-state index contributed by atoms with van der Waals surface area (Å²) in [6.07, 6.45) is 1.00. The van der Waals surface area contributed by atoms with Crippen LogP contribution in [0.25, 0.3) is 0 Å². The van der Waals surface area contributed by atoms with Crippen LogP contribution in [0.1, 0.15) is 11.5 Å². The summed E-state index contributed by atoms with van der Waals surface area (Å²) in [7, 11) is 0. The number of carboxylic acid groups (broad SMARTS) is 1. The van der Waals surface area contributed by atoms with Crippen LogP contribution >= 0.6 is 11.3 Å². The van der Waals surface area contributed by atoms with Gasteiger partial charge in [0.2, 0.25) is 0 Å². The van der Waals surface area contributed by atoms with Crippen LogP contribution in [-0.4, -0.2) is 41.8 Å². The van der Waals surface area contributed by atoms with E-state index in [1.807, 2.05) is 16.8 Å². The van der Waals surface area contributed by atoms with Gasteiger partial charge in [-0.1, -0.05) is 12.7 Å². The van der Waals surface area contributed by atoms with Gasteiger partial charge in [-0.05, 0) is 22.4 Å².